The molecule has 82 valence electrons. The molecule has 1 aromatic rings. The second-order valence-electron chi connectivity index (χ2n) is 3.69. The molecule has 0 amide bonds. The van der Waals surface area contributed by atoms with Gasteiger partial charge in [-0.3, -0.25) is 4.79 Å². The van der Waals surface area contributed by atoms with Gasteiger partial charge in [0.1, 0.15) is 6.61 Å². The highest BCUT2D eigenvalue weighted by molar-refractivity contribution is 5.69. The van der Waals surface area contributed by atoms with Crippen LogP contribution in [0.4, 0.5) is 0 Å². The predicted octanol–water partition coefficient (Wildman–Crippen LogP) is 1.71. The van der Waals surface area contributed by atoms with Gasteiger partial charge >= 0.3 is 5.97 Å². The molecule has 0 saturated carbocycles. The van der Waals surface area contributed by atoms with E-state index in [1.165, 1.54) is 0 Å². The maximum absolute atomic E-state index is 11.3. The molecule has 0 saturated heterocycles. The van der Waals surface area contributed by atoms with Crippen LogP contribution in [0.15, 0.2) is 30.3 Å². The van der Waals surface area contributed by atoms with Crippen molar-refractivity contribution in [1.82, 2.24) is 0 Å². The van der Waals surface area contributed by atoms with E-state index in [-0.39, 0.29) is 11.9 Å². The van der Waals surface area contributed by atoms with Gasteiger partial charge in [0.2, 0.25) is 0 Å². The zero-order chi connectivity index (χ0) is 11.1. The summed E-state index contributed by atoms with van der Waals surface area (Å²) in [6, 6.07) is 9.64. The monoisotopic (exact) mass is 207 g/mol. The molecule has 0 bridgehead atoms. The molecule has 3 nitrogen and oxygen atoms in total. The maximum Gasteiger partial charge on any atom is 0.306 e. The molecule has 0 radical (unpaired) electrons. The first-order valence-electron chi connectivity index (χ1n) is 5.12. The summed E-state index contributed by atoms with van der Waals surface area (Å²) < 4.78 is 5.11. The van der Waals surface area contributed by atoms with Crippen molar-refractivity contribution in [1.29, 1.82) is 0 Å². The molecule has 0 aliphatic carbocycles. The lowest BCUT2D eigenvalue weighted by atomic mass is 10.1. The van der Waals surface area contributed by atoms with Crippen LogP contribution in [0.25, 0.3) is 0 Å². The van der Waals surface area contributed by atoms with Gasteiger partial charge in [-0.15, -0.1) is 0 Å². The fourth-order valence-electron chi connectivity index (χ4n) is 1.16. The van der Waals surface area contributed by atoms with E-state index in [0.717, 1.165) is 5.56 Å². The molecule has 1 rings (SSSR count). The van der Waals surface area contributed by atoms with E-state index in [4.69, 9.17) is 10.5 Å². The van der Waals surface area contributed by atoms with Crippen LogP contribution in [0.5, 0.6) is 0 Å². The maximum atomic E-state index is 11.3. The summed E-state index contributed by atoms with van der Waals surface area (Å²) in [7, 11) is 0. The zero-order valence-corrected chi connectivity index (χ0v) is 8.98. The number of hydrogen-bond acceptors (Lipinski definition) is 3. The molecule has 0 aromatic heterocycles. The van der Waals surface area contributed by atoms with Crippen molar-refractivity contribution in [3.8, 4) is 0 Å². The van der Waals surface area contributed by atoms with Crippen LogP contribution >= 0.6 is 0 Å². The van der Waals surface area contributed by atoms with Crippen LogP contribution < -0.4 is 5.73 Å². The Labute approximate surface area is 90.2 Å². The van der Waals surface area contributed by atoms with Crippen molar-refractivity contribution in [2.75, 3.05) is 6.54 Å². The average Bonchev–Trinajstić information content (AvgIpc) is 2.27. The third-order valence-electron chi connectivity index (χ3n) is 2.16. The van der Waals surface area contributed by atoms with Gasteiger partial charge in [-0.2, -0.15) is 0 Å². The van der Waals surface area contributed by atoms with Crippen LogP contribution in [-0.2, 0) is 16.1 Å². The number of hydrogen-bond donors (Lipinski definition) is 1. The molecule has 1 aromatic carbocycles. The highest BCUT2D eigenvalue weighted by atomic mass is 16.5. The Kier molecular flexibility index (Phi) is 4.84. The molecule has 2 N–H and O–H groups in total. The Morgan fingerprint density at radius 1 is 1.40 bits per heavy atom. The molecular weight excluding hydrogens is 190 g/mol. The second-order valence-corrected chi connectivity index (χ2v) is 3.69. The summed E-state index contributed by atoms with van der Waals surface area (Å²) in [5, 5.41) is 0. The minimum atomic E-state index is -0.184. The number of nitrogens with two attached hydrogens (primary N) is 1. The van der Waals surface area contributed by atoms with Gasteiger partial charge in [-0.1, -0.05) is 37.3 Å². The number of carbonyl (C=O) groups excluding carboxylic acids is 1. The summed E-state index contributed by atoms with van der Waals surface area (Å²) in [6.45, 7) is 2.79. The Morgan fingerprint density at radius 2 is 2.07 bits per heavy atom. The summed E-state index contributed by atoms with van der Waals surface area (Å²) >= 11 is 0. The van der Waals surface area contributed by atoms with Gasteiger partial charge < -0.3 is 10.5 Å². The van der Waals surface area contributed by atoms with Crippen LogP contribution in [0.1, 0.15) is 18.9 Å². The third-order valence-corrected chi connectivity index (χ3v) is 2.16. The Hall–Kier alpha value is -1.35. The number of carbonyl (C=O) groups is 1. The van der Waals surface area contributed by atoms with E-state index in [1.54, 1.807) is 0 Å². The van der Waals surface area contributed by atoms with Crippen molar-refractivity contribution >= 4 is 5.97 Å². The van der Waals surface area contributed by atoms with Crippen molar-refractivity contribution < 1.29 is 9.53 Å². The van der Waals surface area contributed by atoms with Crippen LogP contribution in [0.3, 0.4) is 0 Å². The highest BCUT2D eigenvalue weighted by Gasteiger charge is 2.08. The smallest absolute Gasteiger partial charge is 0.306 e. The summed E-state index contributed by atoms with van der Waals surface area (Å²) in [5.41, 5.74) is 6.43. The molecule has 0 fully saturated rings. The van der Waals surface area contributed by atoms with Crippen LogP contribution in [0, 0.1) is 5.92 Å². The topological polar surface area (TPSA) is 52.3 Å². The molecule has 0 aliphatic rings. The van der Waals surface area contributed by atoms with Crippen molar-refractivity contribution in [3.05, 3.63) is 35.9 Å². The third kappa shape index (κ3) is 4.61. The fraction of sp³-hybridized carbons (Fsp3) is 0.417. The first kappa shape index (κ1) is 11.7. The molecule has 0 aliphatic heterocycles. The first-order chi connectivity index (χ1) is 7.22. The number of benzene rings is 1. The van der Waals surface area contributed by atoms with Crippen molar-refractivity contribution in [2.45, 2.75) is 20.0 Å². The minimum Gasteiger partial charge on any atom is -0.461 e. The van der Waals surface area contributed by atoms with Gasteiger partial charge in [0, 0.05) is 6.42 Å². The predicted molar refractivity (Wildman–Crippen MR) is 59.1 cm³/mol. The summed E-state index contributed by atoms with van der Waals surface area (Å²) in [5.74, 6) is 0.00470. The van der Waals surface area contributed by atoms with Crippen LogP contribution in [0.2, 0.25) is 0 Å². The number of esters is 1. The summed E-state index contributed by atoms with van der Waals surface area (Å²) in [6.07, 6.45) is 0.392. The van der Waals surface area contributed by atoms with Gasteiger partial charge in [-0.25, -0.2) is 0 Å². The van der Waals surface area contributed by atoms with Gasteiger partial charge in [-0.05, 0) is 18.0 Å². The lowest BCUT2D eigenvalue weighted by Crippen LogP contribution is -2.16. The van der Waals surface area contributed by atoms with Crippen LogP contribution in [-0.4, -0.2) is 12.5 Å². The molecule has 3 heteroatoms. The van der Waals surface area contributed by atoms with E-state index in [0.29, 0.717) is 19.6 Å². The Balaban J connectivity index is 2.29. The normalized spacial score (nSPS) is 12.1. The molecule has 0 heterocycles. The first-order valence-corrected chi connectivity index (χ1v) is 5.12. The van der Waals surface area contributed by atoms with Gasteiger partial charge in [0.15, 0.2) is 0 Å². The molecule has 1 atom stereocenters. The SMILES string of the molecule is C[C@H](CN)CC(=O)OCc1ccccc1. The quantitative estimate of drug-likeness (QED) is 0.748. The molecule has 15 heavy (non-hydrogen) atoms. The summed E-state index contributed by atoms with van der Waals surface area (Å²) in [4.78, 5) is 11.3. The number of ether oxygens (including phenoxy) is 1. The van der Waals surface area contributed by atoms with E-state index in [9.17, 15) is 4.79 Å². The molecular formula is C12H17NO2. The zero-order valence-electron chi connectivity index (χ0n) is 8.98. The van der Waals surface area contributed by atoms with E-state index < -0.39 is 0 Å². The Bertz CT molecular complexity index is 298. The van der Waals surface area contributed by atoms with Gasteiger partial charge in [0.25, 0.3) is 0 Å². The van der Waals surface area contributed by atoms with Crippen molar-refractivity contribution in [2.24, 2.45) is 11.7 Å². The molecule has 0 unspecified atom stereocenters. The van der Waals surface area contributed by atoms with Crippen molar-refractivity contribution in [3.63, 3.8) is 0 Å². The number of rotatable bonds is 5. The largest absolute Gasteiger partial charge is 0.461 e. The fourth-order valence-corrected chi connectivity index (χ4v) is 1.16. The van der Waals surface area contributed by atoms with E-state index in [1.807, 2.05) is 37.3 Å². The molecule has 0 spiro atoms. The van der Waals surface area contributed by atoms with E-state index >= 15 is 0 Å². The lowest BCUT2D eigenvalue weighted by molar-refractivity contribution is -0.145. The second kappa shape index (κ2) is 6.19. The minimum absolute atomic E-state index is 0.184. The average molecular weight is 207 g/mol. The lowest BCUT2D eigenvalue weighted by Gasteiger charge is -2.08. The standard InChI is InChI=1S/C12H17NO2/c1-10(8-13)7-12(14)15-9-11-5-3-2-4-6-11/h2-6,10H,7-9,13H2,1H3/t10-/m0/s1. The van der Waals surface area contributed by atoms with E-state index in [2.05, 4.69) is 0 Å². The Morgan fingerprint density at radius 3 is 2.67 bits per heavy atom. The highest BCUT2D eigenvalue weighted by Crippen LogP contribution is 2.05. The van der Waals surface area contributed by atoms with Gasteiger partial charge in [0.05, 0.1) is 0 Å².